The summed E-state index contributed by atoms with van der Waals surface area (Å²) in [6.07, 6.45) is 3.72. The zero-order valence-electron chi connectivity index (χ0n) is 22.0. The fourth-order valence-corrected chi connectivity index (χ4v) is 5.96. The first-order valence-electron chi connectivity index (χ1n) is 13.7. The third kappa shape index (κ3) is 4.96. The van der Waals surface area contributed by atoms with E-state index in [1.54, 1.807) is 4.68 Å². The lowest BCUT2D eigenvalue weighted by Gasteiger charge is -2.40. The molecule has 3 heterocycles. The number of carbonyl (C=O) groups is 1. The van der Waals surface area contributed by atoms with Crippen molar-refractivity contribution < 1.29 is 18.3 Å². The lowest BCUT2D eigenvalue weighted by atomic mass is 9.81. The van der Waals surface area contributed by atoms with Gasteiger partial charge in [0, 0.05) is 69.2 Å². The Morgan fingerprint density at radius 1 is 1.18 bits per heavy atom. The first-order valence-corrected chi connectivity index (χ1v) is 13.7. The minimum Gasteiger partial charge on any atom is -0.380 e. The highest BCUT2D eigenvalue weighted by Crippen LogP contribution is 2.43. The van der Waals surface area contributed by atoms with Crippen LogP contribution in [-0.2, 0) is 11.3 Å². The number of benzene rings is 1. The van der Waals surface area contributed by atoms with Gasteiger partial charge in [0.05, 0.1) is 29.2 Å². The average Bonchev–Trinajstić information content (AvgIpc) is 3.58. The van der Waals surface area contributed by atoms with E-state index in [1.807, 2.05) is 24.0 Å². The standard InChI is InChI=1S/C28H35F2N5O3/c1-17-9-24-22(25-23(26(36)32-24)13-31-35(25)15-20-11-28(29,30)12-20)10-21(17)27(37)34-6-5-33(18(2)14-34)7-8-38-16-19-3-4-19/h9-10,13,18-20H,3-8,11-12,14-16H2,1-2H3,(H,32,36)/t18-/m0/s1. The van der Waals surface area contributed by atoms with E-state index in [2.05, 4.69) is 21.9 Å². The number of pyridine rings is 1. The van der Waals surface area contributed by atoms with Gasteiger partial charge >= 0.3 is 0 Å². The Labute approximate surface area is 219 Å². The van der Waals surface area contributed by atoms with Gasteiger partial charge in [-0.3, -0.25) is 19.2 Å². The third-order valence-corrected chi connectivity index (χ3v) is 8.41. The quantitative estimate of drug-likeness (QED) is 0.451. The Morgan fingerprint density at radius 3 is 2.68 bits per heavy atom. The van der Waals surface area contributed by atoms with Crippen molar-refractivity contribution in [3.8, 4) is 0 Å². The van der Waals surface area contributed by atoms with Gasteiger partial charge in [0.1, 0.15) is 0 Å². The van der Waals surface area contributed by atoms with Crippen molar-refractivity contribution in [2.75, 3.05) is 39.4 Å². The van der Waals surface area contributed by atoms with Crippen LogP contribution in [0, 0.1) is 18.8 Å². The fourth-order valence-electron chi connectivity index (χ4n) is 5.96. The van der Waals surface area contributed by atoms with E-state index in [1.165, 1.54) is 19.0 Å². The average molecular weight is 528 g/mol. The van der Waals surface area contributed by atoms with Crippen LogP contribution < -0.4 is 5.56 Å². The molecule has 0 radical (unpaired) electrons. The highest BCUT2D eigenvalue weighted by molar-refractivity contribution is 6.07. The number of H-pyrrole nitrogens is 1. The van der Waals surface area contributed by atoms with E-state index in [-0.39, 0.29) is 36.3 Å². The Balaban J connectivity index is 1.22. The molecule has 3 aliphatic rings. The van der Waals surface area contributed by atoms with Crippen LogP contribution >= 0.6 is 0 Å². The molecule has 1 aliphatic heterocycles. The molecule has 38 heavy (non-hydrogen) atoms. The number of aryl methyl sites for hydroxylation is 1. The normalized spacial score (nSPS) is 22.3. The minimum atomic E-state index is -2.62. The van der Waals surface area contributed by atoms with Gasteiger partial charge in [-0.15, -0.1) is 0 Å². The highest BCUT2D eigenvalue weighted by Gasteiger charge is 2.45. The molecule has 2 aliphatic carbocycles. The van der Waals surface area contributed by atoms with Crippen LogP contribution in [0.5, 0.6) is 0 Å². The van der Waals surface area contributed by atoms with Gasteiger partial charge < -0.3 is 14.6 Å². The number of piperazine rings is 1. The van der Waals surface area contributed by atoms with Crippen LogP contribution in [-0.4, -0.2) is 81.8 Å². The smallest absolute Gasteiger partial charge is 0.259 e. The summed E-state index contributed by atoms with van der Waals surface area (Å²) >= 11 is 0. The molecule has 3 fully saturated rings. The van der Waals surface area contributed by atoms with Crippen LogP contribution in [0.15, 0.2) is 23.1 Å². The minimum absolute atomic E-state index is 0.0371. The molecule has 0 spiro atoms. The number of carbonyl (C=O) groups excluding carboxylic acids is 1. The predicted molar refractivity (Wildman–Crippen MR) is 141 cm³/mol. The van der Waals surface area contributed by atoms with E-state index < -0.39 is 5.92 Å². The maximum Gasteiger partial charge on any atom is 0.259 e. The number of nitrogens with one attached hydrogen (secondary N) is 1. The van der Waals surface area contributed by atoms with Crippen LogP contribution in [0.25, 0.3) is 21.8 Å². The largest absolute Gasteiger partial charge is 0.380 e. The number of rotatable bonds is 8. The molecular weight excluding hydrogens is 492 g/mol. The number of nitrogens with zero attached hydrogens (tertiary/aromatic N) is 4. The summed E-state index contributed by atoms with van der Waals surface area (Å²) in [5.41, 5.74) is 2.30. The maximum absolute atomic E-state index is 13.7. The summed E-state index contributed by atoms with van der Waals surface area (Å²) in [7, 11) is 0. The van der Waals surface area contributed by atoms with Crippen molar-refractivity contribution in [1.29, 1.82) is 0 Å². The van der Waals surface area contributed by atoms with Crippen LogP contribution in [0.4, 0.5) is 8.78 Å². The number of fused-ring (bicyclic) bond motifs is 3. The SMILES string of the molecule is Cc1cc2[nH]c(=O)c3cnn(CC4CC(F)(F)C4)c3c2cc1C(=O)N1CCN(CCOCC2CC2)[C@@H](C)C1. The van der Waals surface area contributed by atoms with Crippen LogP contribution in [0.1, 0.15) is 48.5 Å². The summed E-state index contributed by atoms with van der Waals surface area (Å²) in [4.78, 5) is 33.6. The summed E-state index contributed by atoms with van der Waals surface area (Å²) in [6.45, 7) is 8.85. The molecule has 8 nitrogen and oxygen atoms in total. The summed E-state index contributed by atoms with van der Waals surface area (Å²) in [6, 6.07) is 3.89. The van der Waals surface area contributed by atoms with Crippen LogP contribution in [0.3, 0.4) is 0 Å². The second-order valence-corrected chi connectivity index (χ2v) is 11.5. The van der Waals surface area contributed by atoms with E-state index in [4.69, 9.17) is 4.74 Å². The molecule has 1 atom stereocenters. The molecule has 1 N–H and O–H groups in total. The molecule has 6 rings (SSSR count). The number of halogens is 2. The molecule has 2 aromatic heterocycles. The van der Waals surface area contributed by atoms with Gasteiger partial charge in [0.15, 0.2) is 0 Å². The zero-order valence-corrected chi connectivity index (χ0v) is 22.0. The third-order valence-electron chi connectivity index (χ3n) is 8.41. The monoisotopic (exact) mass is 527 g/mol. The van der Waals surface area contributed by atoms with Gasteiger partial charge in [0.2, 0.25) is 5.92 Å². The molecular formula is C28H35F2N5O3. The number of hydrogen-bond acceptors (Lipinski definition) is 5. The molecule has 10 heteroatoms. The van der Waals surface area contributed by atoms with Crippen molar-refractivity contribution in [3.63, 3.8) is 0 Å². The van der Waals surface area contributed by atoms with Gasteiger partial charge in [-0.05, 0) is 56.2 Å². The van der Waals surface area contributed by atoms with Gasteiger partial charge in [0.25, 0.3) is 11.5 Å². The summed E-state index contributed by atoms with van der Waals surface area (Å²) < 4.78 is 34.3. The lowest BCUT2D eigenvalue weighted by Crippen LogP contribution is -2.54. The summed E-state index contributed by atoms with van der Waals surface area (Å²) in [5.74, 6) is -2.09. The molecule has 204 valence electrons. The Bertz CT molecular complexity index is 1420. The van der Waals surface area contributed by atoms with Crippen LogP contribution in [0.2, 0.25) is 0 Å². The fraction of sp³-hybridized carbons (Fsp3) is 0.607. The Kier molecular flexibility index (Phi) is 6.50. The summed E-state index contributed by atoms with van der Waals surface area (Å²) in [5, 5.41) is 5.47. The van der Waals surface area contributed by atoms with E-state index >= 15 is 0 Å². The predicted octanol–water partition coefficient (Wildman–Crippen LogP) is 3.80. The van der Waals surface area contributed by atoms with E-state index in [9.17, 15) is 18.4 Å². The van der Waals surface area contributed by atoms with Crippen molar-refractivity contribution >= 4 is 27.7 Å². The number of amides is 1. The van der Waals surface area contributed by atoms with Gasteiger partial charge in [-0.25, -0.2) is 8.78 Å². The molecule has 1 amide bonds. The van der Waals surface area contributed by atoms with Crippen molar-refractivity contribution in [2.24, 2.45) is 11.8 Å². The molecule has 2 saturated carbocycles. The lowest BCUT2D eigenvalue weighted by molar-refractivity contribution is -0.114. The molecule has 3 aromatic rings. The first-order chi connectivity index (χ1) is 18.2. The number of aromatic amines is 1. The Hall–Kier alpha value is -2.85. The van der Waals surface area contributed by atoms with E-state index in [0.717, 1.165) is 37.8 Å². The first kappa shape index (κ1) is 25.4. The molecule has 0 unspecified atom stereocenters. The van der Waals surface area contributed by atoms with E-state index in [0.29, 0.717) is 47.0 Å². The van der Waals surface area contributed by atoms with Crippen molar-refractivity contribution in [3.05, 3.63) is 39.8 Å². The van der Waals surface area contributed by atoms with Crippen molar-refractivity contribution in [2.45, 2.75) is 58.0 Å². The number of aromatic nitrogens is 3. The van der Waals surface area contributed by atoms with Gasteiger partial charge in [-0.2, -0.15) is 5.10 Å². The highest BCUT2D eigenvalue weighted by atomic mass is 19.3. The van der Waals surface area contributed by atoms with Crippen molar-refractivity contribution in [1.82, 2.24) is 24.6 Å². The number of ether oxygens (including phenoxy) is 1. The maximum atomic E-state index is 13.7. The molecule has 0 bridgehead atoms. The van der Waals surface area contributed by atoms with Gasteiger partial charge in [-0.1, -0.05) is 0 Å². The second kappa shape index (κ2) is 9.72. The molecule has 1 saturated heterocycles. The Morgan fingerprint density at radius 2 is 1.97 bits per heavy atom. The second-order valence-electron chi connectivity index (χ2n) is 11.5. The number of hydrogen-bond donors (Lipinski definition) is 1. The topological polar surface area (TPSA) is 83.5 Å². The molecule has 1 aromatic carbocycles. The zero-order chi connectivity index (χ0) is 26.6. The number of alkyl halides is 2.